The van der Waals surface area contributed by atoms with E-state index in [0.717, 1.165) is 9.52 Å². The molecule has 0 atom stereocenters. The van der Waals surface area contributed by atoms with Crippen LogP contribution in [0.15, 0.2) is 24.6 Å². The van der Waals surface area contributed by atoms with E-state index in [1.54, 1.807) is 0 Å². The highest BCUT2D eigenvalue weighted by Gasteiger charge is 1.57. The van der Waals surface area contributed by atoms with Gasteiger partial charge in [-0.15, -0.1) is 24.6 Å². The van der Waals surface area contributed by atoms with Crippen molar-refractivity contribution in [2.75, 3.05) is 0 Å². The fourth-order valence-corrected chi connectivity index (χ4v) is 0.250. The molecule has 0 aromatic carbocycles. The summed E-state index contributed by atoms with van der Waals surface area (Å²) in [5.74, 6) is 0. The van der Waals surface area contributed by atoms with Crippen molar-refractivity contribution in [1.82, 2.24) is 0 Å². The molecule has 0 saturated heterocycles. The standard InChI is InChI=1S/C4H6Si.H2O/c1-3-5-4-2;/h3-4H,1-2H2;1H2. The van der Waals surface area contributed by atoms with Crippen molar-refractivity contribution in [1.29, 1.82) is 0 Å². The SMILES string of the molecule is C=C[Si]C=C.O. The summed E-state index contributed by atoms with van der Waals surface area (Å²) in [6.07, 6.45) is 0. The van der Waals surface area contributed by atoms with Gasteiger partial charge in [-0.25, -0.2) is 0 Å². The second-order valence-electron chi connectivity index (χ2n) is 0.575. The molecule has 0 fully saturated rings. The Balaban J connectivity index is 0. The summed E-state index contributed by atoms with van der Waals surface area (Å²) in [5.41, 5.74) is 3.68. The smallest absolute Gasteiger partial charge is 0.0997 e. The molecular formula is C4H8OSi. The minimum Gasteiger partial charge on any atom is -0.412 e. The average Bonchev–Trinajstić information content (AvgIpc) is 1.41. The van der Waals surface area contributed by atoms with Crippen LogP contribution in [0.1, 0.15) is 0 Å². The van der Waals surface area contributed by atoms with Crippen molar-refractivity contribution in [3.8, 4) is 0 Å². The van der Waals surface area contributed by atoms with Crippen LogP contribution in [0.2, 0.25) is 0 Å². The van der Waals surface area contributed by atoms with Gasteiger partial charge in [-0.3, -0.25) is 0 Å². The van der Waals surface area contributed by atoms with E-state index in [1.165, 1.54) is 0 Å². The van der Waals surface area contributed by atoms with Crippen LogP contribution in [0, 0.1) is 0 Å². The van der Waals surface area contributed by atoms with Crippen LogP contribution >= 0.6 is 0 Å². The van der Waals surface area contributed by atoms with Crippen LogP contribution in [0.5, 0.6) is 0 Å². The van der Waals surface area contributed by atoms with Gasteiger partial charge in [0.25, 0.3) is 0 Å². The molecule has 0 unspecified atom stereocenters. The van der Waals surface area contributed by atoms with Crippen molar-refractivity contribution in [2.24, 2.45) is 0 Å². The van der Waals surface area contributed by atoms with Crippen molar-refractivity contribution in [3.63, 3.8) is 0 Å². The van der Waals surface area contributed by atoms with Gasteiger partial charge >= 0.3 is 0 Å². The first kappa shape index (κ1) is 9.17. The Bertz CT molecular complexity index is 36.8. The predicted octanol–water partition coefficient (Wildman–Crippen LogP) is 0.153. The quantitative estimate of drug-likeness (QED) is 0.442. The van der Waals surface area contributed by atoms with Gasteiger partial charge in [0.15, 0.2) is 0 Å². The van der Waals surface area contributed by atoms with E-state index in [1.807, 2.05) is 11.4 Å². The third kappa shape index (κ3) is 9.40. The molecule has 34 valence electrons. The molecule has 0 aliphatic rings. The maximum absolute atomic E-state index is 3.49. The van der Waals surface area contributed by atoms with Crippen molar-refractivity contribution in [2.45, 2.75) is 0 Å². The lowest BCUT2D eigenvalue weighted by atomic mass is 11.2. The molecule has 2 N–H and O–H groups in total. The predicted molar refractivity (Wildman–Crippen MR) is 29.8 cm³/mol. The summed E-state index contributed by atoms with van der Waals surface area (Å²) < 4.78 is 0. The lowest BCUT2D eigenvalue weighted by Crippen LogP contribution is -1.67. The van der Waals surface area contributed by atoms with Gasteiger partial charge in [-0.1, -0.05) is 0 Å². The highest BCUT2D eigenvalue weighted by molar-refractivity contribution is 6.47. The minimum absolute atomic E-state index is 0. The molecule has 0 rings (SSSR count). The molecule has 6 heavy (non-hydrogen) atoms. The highest BCUT2D eigenvalue weighted by Crippen LogP contribution is 1.55. The summed E-state index contributed by atoms with van der Waals surface area (Å²) in [4.78, 5) is 0. The second kappa shape index (κ2) is 8.82. The first-order valence-corrected chi connectivity index (χ1v) is 2.55. The Morgan fingerprint density at radius 1 is 1.17 bits per heavy atom. The molecule has 0 aromatic heterocycles. The van der Waals surface area contributed by atoms with Gasteiger partial charge < -0.3 is 5.48 Å². The van der Waals surface area contributed by atoms with E-state index in [9.17, 15) is 0 Å². The molecule has 0 aliphatic heterocycles. The van der Waals surface area contributed by atoms with Crippen molar-refractivity contribution < 1.29 is 5.48 Å². The molecule has 0 aliphatic carbocycles. The zero-order valence-corrected chi connectivity index (χ0v) is 4.57. The summed E-state index contributed by atoms with van der Waals surface area (Å²) in [6, 6.07) is 0. The van der Waals surface area contributed by atoms with Crippen LogP contribution in [-0.2, 0) is 0 Å². The van der Waals surface area contributed by atoms with E-state index in [4.69, 9.17) is 0 Å². The van der Waals surface area contributed by atoms with E-state index >= 15 is 0 Å². The molecule has 0 aromatic rings. The maximum Gasteiger partial charge on any atom is 0.0997 e. The first-order valence-electron chi connectivity index (χ1n) is 1.39. The molecule has 0 heterocycles. The monoisotopic (exact) mass is 100 g/mol. The zero-order valence-electron chi connectivity index (χ0n) is 3.57. The van der Waals surface area contributed by atoms with E-state index in [0.29, 0.717) is 0 Å². The van der Waals surface area contributed by atoms with Gasteiger partial charge in [0.05, 0.1) is 9.52 Å². The third-order valence-corrected chi connectivity index (χ3v) is 0.707. The molecule has 0 amide bonds. The van der Waals surface area contributed by atoms with Gasteiger partial charge in [-0.2, -0.15) is 0 Å². The van der Waals surface area contributed by atoms with Gasteiger partial charge in [-0.05, 0) is 0 Å². The lowest BCUT2D eigenvalue weighted by Gasteiger charge is -1.61. The fourth-order valence-electron chi connectivity index (χ4n) is 0.0833. The van der Waals surface area contributed by atoms with Crippen molar-refractivity contribution >= 4 is 9.52 Å². The van der Waals surface area contributed by atoms with Gasteiger partial charge in [0, 0.05) is 0 Å². The van der Waals surface area contributed by atoms with E-state index in [-0.39, 0.29) is 5.48 Å². The molecular weight excluding hydrogens is 92.1 g/mol. The van der Waals surface area contributed by atoms with Gasteiger partial charge in [0.1, 0.15) is 0 Å². The Morgan fingerprint density at radius 2 is 1.50 bits per heavy atom. The first-order chi connectivity index (χ1) is 2.41. The normalized spacial score (nSPS) is 5.33. The Morgan fingerprint density at radius 3 is 1.50 bits per heavy atom. The largest absolute Gasteiger partial charge is 0.412 e. The Hall–Kier alpha value is -0.343. The van der Waals surface area contributed by atoms with Crippen molar-refractivity contribution in [3.05, 3.63) is 24.6 Å². The van der Waals surface area contributed by atoms with E-state index < -0.39 is 0 Å². The number of hydrogen-bond acceptors (Lipinski definition) is 0. The summed E-state index contributed by atoms with van der Waals surface area (Å²) in [7, 11) is 0.725. The van der Waals surface area contributed by atoms with Crippen LogP contribution in [-0.4, -0.2) is 15.0 Å². The Kier molecular flexibility index (Phi) is 13.5. The maximum atomic E-state index is 3.49. The number of rotatable bonds is 2. The van der Waals surface area contributed by atoms with E-state index in [2.05, 4.69) is 13.2 Å². The summed E-state index contributed by atoms with van der Waals surface area (Å²) in [6.45, 7) is 6.98. The van der Waals surface area contributed by atoms with Gasteiger partial charge in [0.2, 0.25) is 0 Å². The lowest BCUT2D eigenvalue weighted by molar-refractivity contribution is 0.824. The Labute approximate surface area is 40.5 Å². The summed E-state index contributed by atoms with van der Waals surface area (Å²) in [5, 5.41) is 0. The molecule has 0 bridgehead atoms. The fraction of sp³-hybridized carbons (Fsp3) is 0. The average molecular weight is 100 g/mol. The minimum atomic E-state index is 0. The zero-order chi connectivity index (χ0) is 4.12. The second-order valence-corrected chi connectivity index (χ2v) is 1.72. The molecule has 0 spiro atoms. The number of hydrogen-bond donors (Lipinski definition) is 0. The molecule has 2 radical (unpaired) electrons. The molecule has 0 saturated carbocycles. The van der Waals surface area contributed by atoms with Crippen LogP contribution in [0.25, 0.3) is 0 Å². The molecule has 2 heteroatoms. The topological polar surface area (TPSA) is 31.5 Å². The van der Waals surface area contributed by atoms with Crippen LogP contribution < -0.4 is 0 Å². The molecule has 1 nitrogen and oxygen atoms in total. The highest BCUT2D eigenvalue weighted by atomic mass is 28.2. The van der Waals surface area contributed by atoms with Crippen LogP contribution in [0.4, 0.5) is 0 Å². The van der Waals surface area contributed by atoms with Crippen LogP contribution in [0.3, 0.4) is 0 Å². The third-order valence-electron chi connectivity index (χ3n) is 0.236. The summed E-state index contributed by atoms with van der Waals surface area (Å²) >= 11 is 0.